The SMILES string of the molecule is OC(/C=C/c1cnccc1-c1cn[nH]c1)Nc1ccc(CNC2CC(F)(F)C2)cc1. The van der Waals surface area contributed by atoms with Gasteiger partial charge in [-0.2, -0.15) is 5.10 Å². The van der Waals surface area contributed by atoms with Gasteiger partial charge >= 0.3 is 0 Å². The average molecular weight is 411 g/mol. The second-order valence-corrected chi connectivity index (χ2v) is 7.44. The average Bonchev–Trinajstić information content (AvgIpc) is 3.25. The van der Waals surface area contributed by atoms with Crippen LogP contribution in [0, 0.1) is 0 Å². The van der Waals surface area contributed by atoms with Gasteiger partial charge in [-0.15, -0.1) is 0 Å². The Hall–Kier alpha value is -3.10. The summed E-state index contributed by atoms with van der Waals surface area (Å²) in [7, 11) is 0. The van der Waals surface area contributed by atoms with Gasteiger partial charge in [0.1, 0.15) is 6.23 Å². The largest absolute Gasteiger partial charge is 0.370 e. The van der Waals surface area contributed by atoms with E-state index in [1.54, 1.807) is 36.9 Å². The number of pyridine rings is 1. The molecule has 1 unspecified atom stereocenters. The van der Waals surface area contributed by atoms with Gasteiger partial charge in [0.15, 0.2) is 0 Å². The Morgan fingerprint density at radius 1 is 1.20 bits per heavy atom. The molecule has 1 saturated carbocycles. The minimum atomic E-state index is -2.51. The molecule has 1 aromatic carbocycles. The first-order chi connectivity index (χ1) is 14.5. The Bertz CT molecular complexity index is 981. The van der Waals surface area contributed by atoms with Crippen molar-refractivity contribution in [2.24, 2.45) is 0 Å². The number of aromatic amines is 1. The van der Waals surface area contributed by atoms with Crippen molar-refractivity contribution in [3.63, 3.8) is 0 Å². The number of anilines is 1. The molecule has 0 radical (unpaired) electrons. The van der Waals surface area contributed by atoms with Crippen LogP contribution in [0.1, 0.15) is 24.0 Å². The molecule has 2 aromatic heterocycles. The topological polar surface area (TPSA) is 85.9 Å². The number of benzene rings is 1. The molecule has 1 aliphatic rings. The highest BCUT2D eigenvalue weighted by atomic mass is 19.3. The molecule has 2 heterocycles. The Labute approximate surface area is 173 Å². The predicted octanol–water partition coefficient (Wildman–Crippen LogP) is 3.80. The van der Waals surface area contributed by atoms with E-state index in [2.05, 4.69) is 25.8 Å². The smallest absolute Gasteiger partial charge is 0.251 e. The fourth-order valence-corrected chi connectivity index (χ4v) is 3.40. The quantitative estimate of drug-likeness (QED) is 0.424. The van der Waals surface area contributed by atoms with Crippen LogP contribution in [0.25, 0.3) is 17.2 Å². The van der Waals surface area contributed by atoms with Crippen LogP contribution in [0.4, 0.5) is 14.5 Å². The van der Waals surface area contributed by atoms with E-state index in [-0.39, 0.29) is 18.9 Å². The van der Waals surface area contributed by atoms with E-state index in [0.29, 0.717) is 6.54 Å². The van der Waals surface area contributed by atoms with E-state index in [4.69, 9.17) is 0 Å². The third-order valence-electron chi connectivity index (χ3n) is 5.07. The van der Waals surface area contributed by atoms with Gasteiger partial charge < -0.3 is 15.7 Å². The molecule has 4 N–H and O–H groups in total. The minimum Gasteiger partial charge on any atom is -0.370 e. The van der Waals surface area contributed by atoms with Gasteiger partial charge in [0.05, 0.1) is 6.20 Å². The van der Waals surface area contributed by atoms with Crippen LogP contribution in [0.2, 0.25) is 0 Å². The number of halogens is 2. The molecule has 0 amide bonds. The molecular weight excluding hydrogens is 388 g/mol. The maximum absolute atomic E-state index is 12.9. The van der Waals surface area contributed by atoms with E-state index in [0.717, 1.165) is 27.9 Å². The van der Waals surface area contributed by atoms with Gasteiger partial charge in [0.2, 0.25) is 0 Å². The van der Waals surface area contributed by atoms with Crippen LogP contribution in [-0.4, -0.2) is 38.5 Å². The molecule has 156 valence electrons. The van der Waals surface area contributed by atoms with Gasteiger partial charge in [-0.05, 0) is 35.4 Å². The van der Waals surface area contributed by atoms with Gasteiger partial charge in [-0.1, -0.05) is 18.2 Å². The maximum atomic E-state index is 12.9. The predicted molar refractivity (Wildman–Crippen MR) is 112 cm³/mol. The zero-order chi connectivity index (χ0) is 21.0. The first-order valence-electron chi connectivity index (χ1n) is 9.75. The molecule has 0 spiro atoms. The number of H-pyrrole nitrogens is 1. The standard InChI is InChI=1S/C22H23F2N5O/c23-22(24)9-19(10-22)26-11-15-1-4-18(5-2-15)29-21(30)6-3-16-12-25-8-7-20(16)17-13-27-28-14-17/h1-8,12-14,19,21,26,29-30H,9-11H2,(H,27,28)/b6-3+. The summed E-state index contributed by atoms with van der Waals surface area (Å²) in [5.41, 5.74) is 4.52. The van der Waals surface area contributed by atoms with Crippen LogP contribution >= 0.6 is 0 Å². The normalized spacial score (nSPS) is 17.0. The van der Waals surface area contributed by atoms with Crippen molar-refractivity contribution in [3.8, 4) is 11.1 Å². The maximum Gasteiger partial charge on any atom is 0.251 e. The van der Waals surface area contributed by atoms with E-state index < -0.39 is 12.2 Å². The van der Waals surface area contributed by atoms with Crippen LogP contribution < -0.4 is 10.6 Å². The number of nitrogens with zero attached hydrogens (tertiary/aromatic N) is 2. The molecule has 8 heteroatoms. The summed E-state index contributed by atoms with van der Waals surface area (Å²) in [5, 5.41) is 23.2. The van der Waals surface area contributed by atoms with E-state index in [9.17, 15) is 13.9 Å². The van der Waals surface area contributed by atoms with Gasteiger partial charge in [-0.25, -0.2) is 8.78 Å². The second-order valence-electron chi connectivity index (χ2n) is 7.44. The monoisotopic (exact) mass is 411 g/mol. The van der Waals surface area contributed by atoms with Crippen molar-refractivity contribution in [2.45, 2.75) is 37.6 Å². The molecular formula is C22H23F2N5O. The third kappa shape index (κ3) is 5.08. The zero-order valence-corrected chi connectivity index (χ0v) is 16.2. The lowest BCUT2D eigenvalue weighted by atomic mass is 9.88. The van der Waals surface area contributed by atoms with E-state index in [1.807, 2.05) is 30.3 Å². The highest BCUT2D eigenvalue weighted by Gasteiger charge is 2.44. The van der Waals surface area contributed by atoms with Crippen LogP contribution in [-0.2, 0) is 6.54 Å². The lowest BCUT2D eigenvalue weighted by Gasteiger charge is -2.35. The van der Waals surface area contributed by atoms with Crippen molar-refractivity contribution in [3.05, 3.63) is 72.3 Å². The molecule has 30 heavy (non-hydrogen) atoms. The van der Waals surface area contributed by atoms with Crippen molar-refractivity contribution < 1.29 is 13.9 Å². The summed E-state index contributed by atoms with van der Waals surface area (Å²) in [5.74, 6) is -2.51. The van der Waals surface area contributed by atoms with E-state index >= 15 is 0 Å². The summed E-state index contributed by atoms with van der Waals surface area (Å²) < 4.78 is 25.7. The summed E-state index contributed by atoms with van der Waals surface area (Å²) in [6.45, 7) is 0.543. The molecule has 3 aromatic rings. The number of rotatable bonds is 8. The second kappa shape index (κ2) is 8.73. The molecule has 0 aliphatic heterocycles. The Morgan fingerprint density at radius 2 is 2.00 bits per heavy atom. The highest BCUT2D eigenvalue weighted by molar-refractivity contribution is 5.73. The number of nitrogens with one attached hydrogen (secondary N) is 3. The van der Waals surface area contributed by atoms with Crippen molar-refractivity contribution in [1.29, 1.82) is 0 Å². The summed E-state index contributed by atoms with van der Waals surface area (Å²) in [6, 6.07) is 9.28. The lowest BCUT2D eigenvalue weighted by Crippen LogP contribution is -2.48. The summed E-state index contributed by atoms with van der Waals surface area (Å²) in [4.78, 5) is 4.14. The third-order valence-corrected chi connectivity index (χ3v) is 5.07. The first kappa shape index (κ1) is 20.2. The molecule has 0 bridgehead atoms. The molecule has 4 rings (SSSR count). The molecule has 1 atom stereocenters. The molecule has 1 fully saturated rings. The summed E-state index contributed by atoms with van der Waals surface area (Å²) >= 11 is 0. The zero-order valence-electron chi connectivity index (χ0n) is 16.2. The molecule has 0 saturated heterocycles. The molecule has 6 nitrogen and oxygen atoms in total. The van der Waals surface area contributed by atoms with Crippen molar-refractivity contribution >= 4 is 11.8 Å². The van der Waals surface area contributed by atoms with E-state index in [1.165, 1.54) is 0 Å². The highest BCUT2D eigenvalue weighted by Crippen LogP contribution is 2.37. The number of aliphatic hydroxyl groups excluding tert-OH is 1. The first-order valence-corrected chi connectivity index (χ1v) is 9.75. The Balaban J connectivity index is 1.31. The van der Waals surface area contributed by atoms with Crippen LogP contribution in [0.3, 0.4) is 0 Å². The number of alkyl halides is 2. The Kier molecular flexibility index (Phi) is 5.87. The Morgan fingerprint density at radius 3 is 2.70 bits per heavy atom. The number of hydrogen-bond donors (Lipinski definition) is 4. The van der Waals surface area contributed by atoms with Crippen molar-refractivity contribution in [2.75, 3.05) is 5.32 Å². The van der Waals surface area contributed by atoms with Crippen molar-refractivity contribution in [1.82, 2.24) is 20.5 Å². The van der Waals surface area contributed by atoms with Gasteiger partial charge in [0.25, 0.3) is 5.92 Å². The summed E-state index contributed by atoms with van der Waals surface area (Å²) in [6.07, 6.45) is 9.35. The number of aliphatic hydroxyl groups is 1. The molecule has 1 aliphatic carbocycles. The number of hydrogen-bond acceptors (Lipinski definition) is 5. The number of aromatic nitrogens is 3. The van der Waals surface area contributed by atoms with Crippen LogP contribution in [0.15, 0.2) is 61.2 Å². The fourth-order valence-electron chi connectivity index (χ4n) is 3.40. The van der Waals surface area contributed by atoms with Gasteiger partial charge in [0, 0.05) is 60.8 Å². The van der Waals surface area contributed by atoms with Crippen LogP contribution in [0.5, 0.6) is 0 Å². The van der Waals surface area contributed by atoms with Gasteiger partial charge in [-0.3, -0.25) is 10.1 Å². The minimum absolute atomic E-state index is 0.0928. The fraction of sp³-hybridized carbons (Fsp3) is 0.273. The lowest BCUT2D eigenvalue weighted by molar-refractivity contribution is -0.0930.